The van der Waals surface area contributed by atoms with Crippen molar-refractivity contribution in [1.82, 2.24) is 15.6 Å². The first-order valence-electron chi connectivity index (χ1n) is 8.59. The lowest BCUT2D eigenvalue weighted by atomic mass is 9.97. The van der Waals surface area contributed by atoms with Crippen LogP contribution in [0.5, 0.6) is 0 Å². The van der Waals surface area contributed by atoms with Gasteiger partial charge in [-0.3, -0.25) is 4.98 Å². The number of hydrogen-bond acceptors (Lipinski definition) is 3. The zero-order valence-electron chi connectivity index (χ0n) is 15.0. The van der Waals surface area contributed by atoms with Crippen molar-refractivity contribution in [3.63, 3.8) is 0 Å². The molecule has 0 saturated carbocycles. The summed E-state index contributed by atoms with van der Waals surface area (Å²) in [7, 11) is 0. The fraction of sp³-hybridized carbons (Fsp3) is 0.238. The van der Waals surface area contributed by atoms with Gasteiger partial charge in [0.1, 0.15) is 0 Å². The Kier molecular flexibility index (Phi) is 5.19. The summed E-state index contributed by atoms with van der Waals surface area (Å²) in [6.45, 7) is 4.38. The van der Waals surface area contributed by atoms with Gasteiger partial charge >= 0.3 is 6.03 Å². The number of benzene rings is 2. The molecule has 3 N–H and O–H groups in total. The van der Waals surface area contributed by atoms with Crippen LogP contribution in [-0.2, 0) is 18.7 Å². The first-order valence-corrected chi connectivity index (χ1v) is 8.59. The molecule has 0 aliphatic heterocycles. The summed E-state index contributed by atoms with van der Waals surface area (Å²) in [6, 6.07) is 17.2. The lowest BCUT2D eigenvalue weighted by molar-refractivity contribution is 0.0786. The van der Waals surface area contributed by atoms with Gasteiger partial charge in [0, 0.05) is 24.7 Å². The average Bonchev–Trinajstić information content (AvgIpc) is 2.64. The average molecular weight is 349 g/mol. The highest BCUT2D eigenvalue weighted by atomic mass is 16.3. The summed E-state index contributed by atoms with van der Waals surface area (Å²) < 4.78 is 0. The molecule has 0 saturated heterocycles. The van der Waals surface area contributed by atoms with Crippen LogP contribution in [0.3, 0.4) is 0 Å². The highest BCUT2D eigenvalue weighted by Crippen LogP contribution is 2.19. The van der Waals surface area contributed by atoms with Crippen LogP contribution in [0.1, 0.15) is 30.5 Å². The molecule has 0 bridgehead atoms. The topological polar surface area (TPSA) is 74.2 Å². The second-order valence-corrected chi connectivity index (χ2v) is 6.82. The number of pyridine rings is 1. The number of amides is 2. The maximum absolute atomic E-state index is 12.0. The van der Waals surface area contributed by atoms with E-state index >= 15 is 0 Å². The molecule has 134 valence electrons. The van der Waals surface area contributed by atoms with Crippen molar-refractivity contribution >= 4 is 16.9 Å². The van der Waals surface area contributed by atoms with Gasteiger partial charge in [0.15, 0.2) is 0 Å². The molecule has 0 fully saturated rings. The number of aliphatic hydroxyl groups is 1. The van der Waals surface area contributed by atoms with E-state index in [1.807, 2.05) is 54.6 Å². The summed E-state index contributed by atoms with van der Waals surface area (Å²) in [4.78, 5) is 16.3. The molecule has 3 aromatic rings. The van der Waals surface area contributed by atoms with Gasteiger partial charge < -0.3 is 15.7 Å². The van der Waals surface area contributed by atoms with Crippen molar-refractivity contribution in [2.24, 2.45) is 0 Å². The van der Waals surface area contributed by atoms with E-state index < -0.39 is 5.60 Å². The SMILES string of the molecule is CC(C)(O)c1ccc(CNC(=O)NCc2ccc3ncccc3c2)cc1. The third kappa shape index (κ3) is 4.58. The zero-order chi connectivity index (χ0) is 18.6. The van der Waals surface area contributed by atoms with E-state index in [9.17, 15) is 9.90 Å². The van der Waals surface area contributed by atoms with Gasteiger partial charge in [0.25, 0.3) is 0 Å². The van der Waals surface area contributed by atoms with E-state index in [2.05, 4.69) is 15.6 Å². The van der Waals surface area contributed by atoms with Crippen LogP contribution in [0.25, 0.3) is 10.9 Å². The molecule has 0 unspecified atom stereocenters. The van der Waals surface area contributed by atoms with Crippen molar-refractivity contribution in [2.45, 2.75) is 32.5 Å². The Balaban J connectivity index is 1.50. The van der Waals surface area contributed by atoms with Gasteiger partial charge in [-0.05, 0) is 48.7 Å². The molecule has 0 spiro atoms. The minimum Gasteiger partial charge on any atom is -0.386 e. The van der Waals surface area contributed by atoms with Crippen LogP contribution in [0.15, 0.2) is 60.8 Å². The summed E-state index contributed by atoms with van der Waals surface area (Å²) in [5.74, 6) is 0. The highest BCUT2D eigenvalue weighted by Gasteiger charge is 2.15. The number of nitrogens with one attached hydrogen (secondary N) is 2. The fourth-order valence-electron chi connectivity index (χ4n) is 2.69. The van der Waals surface area contributed by atoms with Crippen LogP contribution in [0, 0.1) is 0 Å². The Labute approximate surface area is 153 Å². The van der Waals surface area contributed by atoms with Crippen molar-refractivity contribution < 1.29 is 9.90 Å². The van der Waals surface area contributed by atoms with Gasteiger partial charge in [0.2, 0.25) is 0 Å². The number of urea groups is 1. The van der Waals surface area contributed by atoms with Crippen LogP contribution in [0.4, 0.5) is 4.79 Å². The Bertz CT molecular complexity index is 899. The van der Waals surface area contributed by atoms with E-state index in [-0.39, 0.29) is 6.03 Å². The first-order chi connectivity index (χ1) is 12.4. The van der Waals surface area contributed by atoms with Crippen molar-refractivity contribution in [1.29, 1.82) is 0 Å². The number of carbonyl (C=O) groups excluding carboxylic acids is 1. The number of carbonyl (C=O) groups is 1. The predicted octanol–water partition coefficient (Wildman–Crippen LogP) is 3.46. The maximum atomic E-state index is 12.0. The molecule has 5 nitrogen and oxygen atoms in total. The van der Waals surface area contributed by atoms with Gasteiger partial charge in [-0.1, -0.05) is 36.4 Å². The molecule has 5 heteroatoms. The summed E-state index contributed by atoms with van der Waals surface area (Å²) >= 11 is 0. The second kappa shape index (κ2) is 7.54. The second-order valence-electron chi connectivity index (χ2n) is 6.82. The standard InChI is InChI=1S/C21H23N3O2/c1-21(2,26)18-8-5-15(6-9-18)13-23-20(25)24-14-16-7-10-19-17(12-16)4-3-11-22-19/h3-12,26H,13-14H2,1-2H3,(H2,23,24,25). The lowest BCUT2D eigenvalue weighted by Crippen LogP contribution is -2.34. The molecule has 2 aromatic carbocycles. The van der Waals surface area contributed by atoms with E-state index in [1.165, 1.54) is 0 Å². The smallest absolute Gasteiger partial charge is 0.315 e. The zero-order valence-corrected chi connectivity index (χ0v) is 15.0. The molecular weight excluding hydrogens is 326 g/mol. The maximum Gasteiger partial charge on any atom is 0.315 e. The number of fused-ring (bicyclic) bond motifs is 1. The van der Waals surface area contributed by atoms with E-state index in [1.54, 1.807) is 20.0 Å². The number of rotatable bonds is 5. The Hall–Kier alpha value is -2.92. The summed E-state index contributed by atoms with van der Waals surface area (Å²) in [6.07, 6.45) is 1.77. The van der Waals surface area contributed by atoms with Gasteiger partial charge in [-0.15, -0.1) is 0 Å². The number of hydrogen-bond donors (Lipinski definition) is 3. The molecular formula is C21H23N3O2. The molecule has 1 aromatic heterocycles. The fourth-order valence-corrected chi connectivity index (χ4v) is 2.69. The predicted molar refractivity (Wildman–Crippen MR) is 103 cm³/mol. The van der Waals surface area contributed by atoms with Crippen molar-refractivity contribution in [3.05, 3.63) is 77.5 Å². The monoisotopic (exact) mass is 349 g/mol. The number of nitrogens with zero attached hydrogens (tertiary/aromatic N) is 1. The third-order valence-corrected chi connectivity index (χ3v) is 4.23. The van der Waals surface area contributed by atoms with Crippen molar-refractivity contribution in [2.75, 3.05) is 0 Å². The molecule has 26 heavy (non-hydrogen) atoms. The minimum absolute atomic E-state index is 0.220. The van der Waals surface area contributed by atoms with Crippen molar-refractivity contribution in [3.8, 4) is 0 Å². The largest absolute Gasteiger partial charge is 0.386 e. The Morgan fingerprint density at radius 1 is 1.00 bits per heavy atom. The van der Waals surface area contributed by atoms with Gasteiger partial charge in [-0.2, -0.15) is 0 Å². The number of aromatic nitrogens is 1. The first kappa shape index (κ1) is 17.9. The Morgan fingerprint density at radius 2 is 1.65 bits per heavy atom. The van der Waals surface area contributed by atoms with Crippen LogP contribution in [0.2, 0.25) is 0 Å². The van der Waals surface area contributed by atoms with E-state index in [0.717, 1.165) is 27.6 Å². The summed E-state index contributed by atoms with van der Waals surface area (Å²) in [5.41, 5.74) is 2.92. The van der Waals surface area contributed by atoms with E-state index in [0.29, 0.717) is 13.1 Å². The van der Waals surface area contributed by atoms with Crippen LogP contribution >= 0.6 is 0 Å². The molecule has 2 amide bonds. The molecule has 0 aliphatic carbocycles. The highest BCUT2D eigenvalue weighted by molar-refractivity contribution is 5.79. The molecule has 1 heterocycles. The van der Waals surface area contributed by atoms with E-state index in [4.69, 9.17) is 0 Å². The van der Waals surface area contributed by atoms with Crippen LogP contribution in [-0.4, -0.2) is 16.1 Å². The lowest BCUT2D eigenvalue weighted by Gasteiger charge is -2.18. The normalized spacial score (nSPS) is 11.3. The van der Waals surface area contributed by atoms with Gasteiger partial charge in [0.05, 0.1) is 11.1 Å². The third-order valence-electron chi connectivity index (χ3n) is 4.23. The molecule has 0 radical (unpaired) electrons. The Morgan fingerprint density at radius 3 is 2.35 bits per heavy atom. The molecule has 0 atom stereocenters. The van der Waals surface area contributed by atoms with Gasteiger partial charge in [-0.25, -0.2) is 4.79 Å². The molecule has 3 rings (SSSR count). The molecule has 0 aliphatic rings. The summed E-state index contributed by atoms with van der Waals surface area (Å²) in [5, 5.41) is 16.7. The minimum atomic E-state index is -0.862. The quantitative estimate of drug-likeness (QED) is 0.660. The van der Waals surface area contributed by atoms with Crippen LogP contribution < -0.4 is 10.6 Å².